The van der Waals surface area contributed by atoms with Gasteiger partial charge >= 0.3 is 0 Å². The van der Waals surface area contributed by atoms with Crippen LogP contribution in [0.1, 0.15) is 24.0 Å². The van der Waals surface area contributed by atoms with Crippen LogP contribution in [0, 0.1) is 17.0 Å². The minimum absolute atomic E-state index is 0.232. The molecule has 4 nitrogen and oxygen atoms in total. The summed E-state index contributed by atoms with van der Waals surface area (Å²) in [6, 6.07) is 6.02. The van der Waals surface area contributed by atoms with Crippen molar-refractivity contribution in [2.45, 2.75) is 32.2 Å². The maximum absolute atomic E-state index is 10.8. The van der Waals surface area contributed by atoms with E-state index in [-0.39, 0.29) is 10.6 Å². The first-order chi connectivity index (χ1) is 7.66. The fourth-order valence-corrected chi connectivity index (χ4v) is 2.19. The molecule has 1 aliphatic rings. The molecule has 1 heterocycles. The summed E-state index contributed by atoms with van der Waals surface area (Å²) in [5.41, 5.74) is 2.01. The van der Waals surface area contributed by atoms with Gasteiger partial charge in [0.25, 0.3) is 5.69 Å². The number of hydrogen-bond acceptors (Lipinski definition) is 3. The van der Waals surface area contributed by atoms with Gasteiger partial charge in [-0.3, -0.25) is 10.1 Å². The van der Waals surface area contributed by atoms with Crippen molar-refractivity contribution in [2.24, 2.45) is 0 Å². The average molecular weight is 220 g/mol. The second-order valence-electron chi connectivity index (χ2n) is 4.38. The molecule has 16 heavy (non-hydrogen) atoms. The molecule has 0 aliphatic carbocycles. The number of rotatable bonds is 3. The predicted octanol–water partition coefficient (Wildman–Crippen LogP) is 2.20. The maximum Gasteiger partial charge on any atom is 0.272 e. The summed E-state index contributed by atoms with van der Waals surface area (Å²) in [6.45, 7) is 2.84. The largest absolute Gasteiger partial charge is 0.314 e. The second-order valence-corrected chi connectivity index (χ2v) is 4.38. The Labute approximate surface area is 94.8 Å². The van der Waals surface area contributed by atoms with E-state index in [1.807, 2.05) is 12.1 Å². The smallest absolute Gasteiger partial charge is 0.272 e. The first kappa shape index (κ1) is 11.1. The Kier molecular flexibility index (Phi) is 3.19. The van der Waals surface area contributed by atoms with Crippen molar-refractivity contribution < 1.29 is 4.92 Å². The summed E-state index contributed by atoms with van der Waals surface area (Å²) in [4.78, 5) is 10.5. The fraction of sp³-hybridized carbons (Fsp3) is 0.500. The summed E-state index contributed by atoms with van der Waals surface area (Å²) >= 11 is 0. The van der Waals surface area contributed by atoms with Crippen molar-refractivity contribution >= 4 is 5.69 Å². The third-order valence-corrected chi connectivity index (χ3v) is 3.11. The number of nitro benzene ring substituents is 1. The van der Waals surface area contributed by atoms with E-state index in [0.29, 0.717) is 6.04 Å². The lowest BCUT2D eigenvalue weighted by Crippen LogP contribution is -2.23. The second kappa shape index (κ2) is 4.61. The lowest BCUT2D eigenvalue weighted by Gasteiger charge is -2.10. The van der Waals surface area contributed by atoms with E-state index in [4.69, 9.17) is 0 Å². The quantitative estimate of drug-likeness (QED) is 0.627. The predicted molar refractivity (Wildman–Crippen MR) is 62.6 cm³/mol. The van der Waals surface area contributed by atoms with E-state index >= 15 is 0 Å². The first-order valence-corrected chi connectivity index (χ1v) is 5.64. The highest BCUT2D eigenvalue weighted by atomic mass is 16.6. The van der Waals surface area contributed by atoms with Crippen LogP contribution >= 0.6 is 0 Å². The van der Waals surface area contributed by atoms with Crippen LogP contribution < -0.4 is 5.32 Å². The number of nitrogens with zero attached hydrogens (tertiary/aromatic N) is 1. The van der Waals surface area contributed by atoms with Crippen LogP contribution in [-0.4, -0.2) is 17.5 Å². The van der Waals surface area contributed by atoms with E-state index in [1.54, 1.807) is 13.0 Å². The number of nitro groups is 1. The highest BCUT2D eigenvalue weighted by Crippen LogP contribution is 2.21. The van der Waals surface area contributed by atoms with Crippen molar-refractivity contribution in [1.29, 1.82) is 0 Å². The molecule has 1 aliphatic heterocycles. The SMILES string of the molecule is Cc1ccc(CC2CCCN2)cc1[N+](=O)[O-]. The van der Waals surface area contributed by atoms with Crippen LogP contribution in [0.4, 0.5) is 5.69 Å². The standard InChI is InChI=1S/C12H16N2O2/c1-9-4-5-10(8-12(9)14(15)16)7-11-3-2-6-13-11/h4-5,8,11,13H,2-3,6-7H2,1H3. The van der Waals surface area contributed by atoms with Crippen molar-refractivity contribution in [3.05, 3.63) is 39.4 Å². The Balaban J connectivity index is 2.15. The molecule has 1 aromatic carbocycles. The number of aryl methyl sites for hydroxylation is 1. The van der Waals surface area contributed by atoms with Gasteiger partial charge in [-0.05, 0) is 38.3 Å². The zero-order valence-corrected chi connectivity index (χ0v) is 9.40. The highest BCUT2D eigenvalue weighted by Gasteiger charge is 2.17. The molecule has 1 N–H and O–H groups in total. The van der Waals surface area contributed by atoms with Gasteiger partial charge in [-0.15, -0.1) is 0 Å². The maximum atomic E-state index is 10.8. The molecule has 0 spiro atoms. The molecule has 0 saturated carbocycles. The molecular formula is C12H16N2O2. The van der Waals surface area contributed by atoms with Crippen LogP contribution in [-0.2, 0) is 6.42 Å². The molecule has 1 unspecified atom stereocenters. The summed E-state index contributed by atoms with van der Waals surface area (Å²) in [5.74, 6) is 0. The van der Waals surface area contributed by atoms with Gasteiger partial charge in [0.1, 0.15) is 0 Å². The third kappa shape index (κ3) is 2.39. The van der Waals surface area contributed by atoms with E-state index in [1.165, 1.54) is 12.8 Å². The summed E-state index contributed by atoms with van der Waals surface area (Å²) in [5, 5.41) is 14.2. The molecule has 1 aromatic rings. The molecule has 0 radical (unpaired) electrons. The molecule has 2 rings (SSSR count). The van der Waals surface area contributed by atoms with Gasteiger partial charge in [0.15, 0.2) is 0 Å². The van der Waals surface area contributed by atoms with E-state index in [0.717, 1.165) is 24.1 Å². The average Bonchev–Trinajstić information content (AvgIpc) is 2.73. The minimum atomic E-state index is -0.305. The first-order valence-electron chi connectivity index (χ1n) is 5.64. The highest BCUT2D eigenvalue weighted by molar-refractivity contribution is 5.42. The molecule has 86 valence electrons. The Bertz CT molecular complexity index is 398. The normalized spacial score (nSPS) is 19.9. The van der Waals surface area contributed by atoms with E-state index in [2.05, 4.69) is 5.32 Å². The van der Waals surface area contributed by atoms with Gasteiger partial charge in [0.2, 0.25) is 0 Å². The molecule has 1 atom stereocenters. The minimum Gasteiger partial charge on any atom is -0.314 e. The monoisotopic (exact) mass is 220 g/mol. The van der Waals surface area contributed by atoms with Crippen LogP contribution in [0.3, 0.4) is 0 Å². The van der Waals surface area contributed by atoms with Crippen molar-refractivity contribution in [2.75, 3.05) is 6.54 Å². The molecule has 4 heteroatoms. The Morgan fingerprint density at radius 2 is 2.38 bits per heavy atom. The number of nitrogens with one attached hydrogen (secondary N) is 1. The summed E-state index contributed by atoms with van der Waals surface area (Å²) in [7, 11) is 0. The van der Waals surface area contributed by atoms with Crippen LogP contribution in [0.25, 0.3) is 0 Å². The molecule has 0 bridgehead atoms. The van der Waals surface area contributed by atoms with Crippen LogP contribution in [0.5, 0.6) is 0 Å². The Morgan fingerprint density at radius 3 is 3.00 bits per heavy atom. The lowest BCUT2D eigenvalue weighted by molar-refractivity contribution is -0.385. The molecule has 1 fully saturated rings. The third-order valence-electron chi connectivity index (χ3n) is 3.11. The molecule has 0 amide bonds. The van der Waals surface area contributed by atoms with E-state index < -0.39 is 0 Å². The Hall–Kier alpha value is -1.42. The Morgan fingerprint density at radius 1 is 1.56 bits per heavy atom. The van der Waals surface area contributed by atoms with Gasteiger partial charge in [-0.2, -0.15) is 0 Å². The van der Waals surface area contributed by atoms with Crippen LogP contribution in [0.15, 0.2) is 18.2 Å². The van der Waals surface area contributed by atoms with Crippen molar-refractivity contribution in [1.82, 2.24) is 5.32 Å². The van der Waals surface area contributed by atoms with Gasteiger partial charge in [0.05, 0.1) is 4.92 Å². The van der Waals surface area contributed by atoms with Crippen molar-refractivity contribution in [3.63, 3.8) is 0 Å². The zero-order chi connectivity index (χ0) is 11.5. The number of hydrogen-bond donors (Lipinski definition) is 1. The zero-order valence-electron chi connectivity index (χ0n) is 9.40. The van der Waals surface area contributed by atoms with Crippen molar-refractivity contribution in [3.8, 4) is 0 Å². The topological polar surface area (TPSA) is 55.2 Å². The fourth-order valence-electron chi connectivity index (χ4n) is 2.19. The van der Waals surface area contributed by atoms with Gasteiger partial charge in [-0.1, -0.05) is 12.1 Å². The lowest BCUT2D eigenvalue weighted by atomic mass is 10.0. The van der Waals surface area contributed by atoms with Gasteiger partial charge in [0, 0.05) is 17.7 Å². The van der Waals surface area contributed by atoms with E-state index in [9.17, 15) is 10.1 Å². The van der Waals surface area contributed by atoms with Gasteiger partial charge < -0.3 is 5.32 Å². The number of benzene rings is 1. The molecule has 0 aromatic heterocycles. The molecular weight excluding hydrogens is 204 g/mol. The van der Waals surface area contributed by atoms with Crippen LogP contribution in [0.2, 0.25) is 0 Å². The molecule has 1 saturated heterocycles. The summed E-state index contributed by atoms with van der Waals surface area (Å²) in [6.07, 6.45) is 3.27. The van der Waals surface area contributed by atoms with Gasteiger partial charge in [-0.25, -0.2) is 0 Å². The summed E-state index contributed by atoms with van der Waals surface area (Å²) < 4.78 is 0.